The Morgan fingerprint density at radius 3 is 2.16 bits per heavy atom. The number of benzene rings is 3. The van der Waals surface area contributed by atoms with Crippen molar-refractivity contribution >= 4 is 21.6 Å². The Balaban J connectivity index is 1.62. The molecule has 1 atom stereocenters. The first kappa shape index (κ1) is 22.4. The number of carbonyl (C=O) groups excluding carboxylic acids is 1. The summed E-state index contributed by atoms with van der Waals surface area (Å²) in [5, 5.41) is 2.98. The number of rotatable bonds is 8. The van der Waals surface area contributed by atoms with Crippen LogP contribution in [-0.4, -0.2) is 28.5 Å². The van der Waals surface area contributed by atoms with Crippen LogP contribution in [0, 0.1) is 0 Å². The van der Waals surface area contributed by atoms with Gasteiger partial charge in [-0.1, -0.05) is 42.5 Å². The molecule has 0 fully saturated rings. The molecule has 0 saturated heterocycles. The van der Waals surface area contributed by atoms with Crippen molar-refractivity contribution in [2.24, 2.45) is 0 Å². The van der Waals surface area contributed by atoms with Gasteiger partial charge in [0.1, 0.15) is 5.75 Å². The highest BCUT2D eigenvalue weighted by Gasteiger charge is 2.21. The molecule has 3 aromatic rings. The van der Waals surface area contributed by atoms with Gasteiger partial charge in [-0.2, -0.15) is 0 Å². The largest absolute Gasteiger partial charge is 0.497 e. The van der Waals surface area contributed by atoms with E-state index in [2.05, 4.69) is 5.32 Å². The number of amides is 1. The molecule has 0 aliphatic rings. The molecule has 1 N–H and O–H groups in total. The SMILES string of the molecule is COc1ccc([C@@H](C)NC(=O)Cc2ccc(N(C)S(=O)(=O)c3ccccc3)cc2)cc1. The van der Waals surface area contributed by atoms with Crippen LogP contribution < -0.4 is 14.4 Å². The third kappa shape index (κ3) is 5.44. The minimum Gasteiger partial charge on any atom is -0.497 e. The van der Waals surface area contributed by atoms with E-state index in [0.717, 1.165) is 16.9 Å². The smallest absolute Gasteiger partial charge is 0.264 e. The standard InChI is InChI=1S/C24H26N2O4S/c1-18(20-11-15-22(30-3)16-12-20)25-24(27)17-19-9-13-21(14-10-19)26(2)31(28,29)23-7-5-4-6-8-23/h4-16,18H,17H2,1-3H3,(H,25,27)/t18-/m1/s1. The second kappa shape index (κ2) is 9.66. The number of sulfonamides is 1. The summed E-state index contributed by atoms with van der Waals surface area (Å²) in [4.78, 5) is 12.7. The van der Waals surface area contributed by atoms with Gasteiger partial charge in [-0.15, -0.1) is 0 Å². The lowest BCUT2D eigenvalue weighted by molar-refractivity contribution is -0.121. The summed E-state index contributed by atoms with van der Waals surface area (Å²) < 4.78 is 31.9. The van der Waals surface area contributed by atoms with Gasteiger partial charge in [0.2, 0.25) is 5.91 Å². The predicted octanol–water partition coefficient (Wildman–Crippen LogP) is 3.94. The summed E-state index contributed by atoms with van der Waals surface area (Å²) in [5.74, 6) is 0.656. The Morgan fingerprint density at radius 1 is 0.968 bits per heavy atom. The second-order valence-corrected chi connectivity index (χ2v) is 9.16. The number of hydrogen-bond acceptors (Lipinski definition) is 4. The zero-order valence-electron chi connectivity index (χ0n) is 17.8. The van der Waals surface area contributed by atoms with Crippen molar-refractivity contribution in [3.8, 4) is 5.75 Å². The number of hydrogen-bond donors (Lipinski definition) is 1. The Bertz CT molecular complexity index is 1110. The molecule has 31 heavy (non-hydrogen) atoms. The number of nitrogens with zero attached hydrogens (tertiary/aromatic N) is 1. The minimum absolute atomic E-state index is 0.110. The maximum Gasteiger partial charge on any atom is 0.264 e. The normalized spacial score (nSPS) is 12.1. The minimum atomic E-state index is -3.63. The monoisotopic (exact) mass is 438 g/mol. The van der Waals surface area contributed by atoms with E-state index in [1.165, 1.54) is 11.4 Å². The van der Waals surface area contributed by atoms with Gasteiger partial charge in [0.15, 0.2) is 0 Å². The molecule has 0 saturated carbocycles. The molecular formula is C24H26N2O4S. The summed E-state index contributed by atoms with van der Waals surface area (Å²) in [6.45, 7) is 1.92. The molecule has 0 heterocycles. The van der Waals surface area contributed by atoms with Crippen LogP contribution in [-0.2, 0) is 21.2 Å². The number of anilines is 1. The first-order valence-corrected chi connectivity index (χ1v) is 11.3. The zero-order valence-corrected chi connectivity index (χ0v) is 18.6. The first-order valence-electron chi connectivity index (χ1n) is 9.87. The topological polar surface area (TPSA) is 75.7 Å². The van der Waals surface area contributed by atoms with Crippen molar-refractivity contribution < 1.29 is 17.9 Å². The van der Waals surface area contributed by atoms with Crippen LogP contribution in [0.25, 0.3) is 0 Å². The van der Waals surface area contributed by atoms with E-state index >= 15 is 0 Å². The summed E-state index contributed by atoms with van der Waals surface area (Å²) in [6, 6.07) is 22.6. The van der Waals surface area contributed by atoms with E-state index in [1.54, 1.807) is 61.7 Å². The van der Waals surface area contributed by atoms with Crippen molar-refractivity contribution in [2.75, 3.05) is 18.5 Å². The van der Waals surface area contributed by atoms with Gasteiger partial charge in [-0.25, -0.2) is 8.42 Å². The van der Waals surface area contributed by atoms with Gasteiger partial charge >= 0.3 is 0 Å². The van der Waals surface area contributed by atoms with Crippen molar-refractivity contribution in [3.63, 3.8) is 0 Å². The van der Waals surface area contributed by atoms with E-state index in [1.807, 2.05) is 31.2 Å². The fraction of sp³-hybridized carbons (Fsp3) is 0.208. The summed E-state index contributed by atoms with van der Waals surface area (Å²) >= 11 is 0. The van der Waals surface area contributed by atoms with E-state index in [9.17, 15) is 13.2 Å². The maximum absolute atomic E-state index is 12.7. The van der Waals surface area contributed by atoms with Gasteiger partial charge in [-0.3, -0.25) is 9.10 Å². The van der Waals surface area contributed by atoms with Crippen LogP contribution in [0.3, 0.4) is 0 Å². The van der Waals surface area contributed by atoms with Crippen LogP contribution in [0.1, 0.15) is 24.1 Å². The van der Waals surface area contributed by atoms with Gasteiger partial charge in [-0.05, 0) is 54.4 Å². The first-order chi connectivity index (χ1) is 14.8. The van der Waals surface area contributed by atoms with Crippen LogP contribution >= 0.6 is 0 Å². The molecule has 3 rings (SSSR count). The predicted molar refractivity (Wildman–Crippen MR) is 122 cm³/mol. The van der Waals surface area contributed by atoms with E-state index in [4.69, 9.17) is 4.74 Å². The van der Waals surface area contributed by atoms with Crippen molar-refractivity contribution in [3.05, 3.63) is 90.0 Å². The summed E-state index contributed by atoms with van der Waals surface area (Å²) in [6.07, 6.45) is 0.204. The molecule has 0 aromatic heterocycles. The van der Waals surface area contributed by atoms with Gasteiger partial charge in [0.25, 0.3) is 10.0 Å². The van der Waals surface area contributed by atoms with Gasteiger partial charge in [0, 0.05) is 7.05 Å². The fourth-order valence-electron chi connectivity index (χ4n) is 3.17. The molecule has 0 spiro atoms. The van der Waals surface area contributed by atoms with Crippen LogP contribution in [0.4, 0.5) is 5.69 Å². The Morgan fingerprint density at radius 2 is 1.58 bits per heavy atom. The highest BCUT2D eigenvalue weighted by molar-refractivity contribution is 7.92. The Hall–Kier alpha value is -3.32. The quantitative estimate of drug-likeness (QED) is 0.578. The van der Waals surface area contributed by atoms with E-state index < -0.39 is 10.0 Å². The van der Waals surface area contributed by atoms with Crippen molar-refractivity contribution in [2.45, 2.75) is 24.3 Å². The number of carbonyl (C=O) groups is 1. The highest BCUT2D eigenvalue weighted by atomic mass is 32.2. The van der Waals surface area contributed by atoms with E-state index in [-0.39, 0.29) is 23.3 Å². The summed E-state index contributed by atoms with van der Waals surface area (Å²) in [7, 11) is -0.509. The zero-order chi connectivity index (χ0) is 22.4. The molecule has 0 bridgehead atoms. The molecule has 0 radical (unpaired) electrons. The molecule has 162 valence electrons. The lowest BCUT2D eigenvalue weighted by Crippen LogP contribution is -2.28. The molecule has 0 aliphatic carbocycles. The van der Waals surface area contributed by atoms with Gasteiger partial charge in [0.05, 0.1) is 30.2 Å². The molecule has 3 aromatic carbocycles. The Labute approximate surface area is 183 Å². The lowest BCUT2D eigenvalue weighted by Gasteiger charge is -2.20. The van der Waals surface area contributed by atoms with Crippen molar-refractivity contribution in [1.82, 2.24) is 5.32 Å². The molecule has 0 unspecified atom stereocenters. The number of nitrogens with one attached hydrogen (secondary N) is 1. The molecule has 0 aliphatic heterocycles. The Kier molecular flexibility index (Phi) is 6.97. The third-order valence-electron chi connectivity index (χ3n) is 5.06. The molecule has 1 amide bonds. The molecule has 6 nitrogen and oxygen atoms in total. The number of ether oxygens (including phenoxy) is 1. The summed E-state index contributed by atoms with van der Waals surface area (Å²) in [5.41, 5.74) is 2.31. The van der Waals surface area contributed by atoms with E-state index in [0.29, 0.717) is 5.69 Å². The molecular weight excluding hydrogens is 412 g/mol. The van der Waals surface area contributed by atoms with Crippen LogP contribution in [0.2, 0.25) is 0 Å². The van der Waals surface area contributed by atoms with Crippen LogP contribution in [0.15, 0.2) is 83.8 Å². The average molecular weight is 439 g/mol. The second-order valence-electron chi connectivity index (χ2n) is 7.19. The highest BCUT2D eigenvalue weighted by Crippen LogP contribution is 2.22. The molecule has 7 heteroatoms. The van der Waals surface area contributed by atoms with Crippen LogP contribution in [0.5, 0.6) is 5.75 Å². The maximum atomic E-state index is 12.7. The fourth-order valence-corrected chi connectivity index (χ4v) is 4.38. The van der Waals surface area contributed by atoms with Crippen molar-refractivity contribution in [1.29, 1.82) is 0 Å². The number of methoxy groups -OCH3 is 1. The van der Waals surface area contributed by atoms with Gasteiger partial charge < -0.3 is 10.1 Å². The average Bonchev–Trinajstić information content (AvgIpc) is 2.79. The third-order valence-corrected chi connectivity index (χ3v) is 6.86. The lowest BCUT2D eigenvalue weighted by atomic mass is 10.1.